The molecule has 1 unspecified atom stereocenters. The lowest BCUT2D eigenvalue weighted by Gasteiger charge is -2.21. The molecule has 3 aromatic heterocycles. The topological polar surface area (TPSA) is 92.7 Å². The highest BCUT2D eigenvalue weighted by atomic mass is 32.1. The third kappa shape index (κ3) is 1.87. The summed E-state index contributed by atoms with van der Waals surface area (Å²) in [6, 6.07) is 2.94. The Morgan fingerprint density at radius 2 is 2.43 bits per heavy atom. The number of aryl methyl sites for hydroxylation is 1. The van der Waals surface area contributed by atoms with E-state index >= 15 is 0 Å². The highest BCUT2D eigenvalue weighted by Gasteiger charge is 2.30. The molecule has 0 spiro atoms. The van der Waals surface area contributed by atoms with E-state index < -0.39 is 5.97 Å². The molecule has 0 aromatic carbocycles. The summed E-state index contributed by atoms with van der Waals surface area (Å²) < 4.78 is 7.27. The van der Waals surface area contributed by atoms with Crippen molar-refractivity contribution in [1.82, 2.24) is 19.9 Å². The lowest BCUT2D eigenvalue weighted by Crippen LogP contribution is -2.31. The van der Waals surface area contributed by atoms with Crippen LogP contribution in [0.5, 0.6) is 0 Å². The molecule has 21 heavy (non-hydrogen) atoms. The third-order valence-corrected chi connectivity index (χ3v) is 4.35. The van der Waals surface area contributed by atoms with Crippen LogP contribution in [-0.4, -0.2) is 32.2 Å². The van der Waals surface area contributed by atoms with Gasteiger partial charge in [-0.3, -0.25) is 0 Å². The van der Waals surface area contributed by atoms with Crippen LogP contribution in [0.3, 0.4) is 0 Å². The molecule has 4 heterocycles. The van der Waals surface area contributed by atoms with Gasteiger partial charge in [0.2, 0.25) is 10.7 Å². The number of hydrogen-bond donors (Lipinski definition) is 2. The van der Waals surface area contributed by atoms with E-state index in [-0.39, 0.29) is 11.8 Å². The van der Waals surface area contributed by atoms with Crippen molar-refractivity contribution in [3.8, 4) is 0 Å². The quantitative estimate of drug-likeness (QED) is 0.747. The minimum absolute atomic E-state index is 0.0610. The van der Waals surface area contributed by atoms with E-state index in [1.807, 2.05) is 11.4 Å². The Morgan fingerprint density at radius 1 is 1.57 bits per heavy atom. The number of nitrogens with one attached hydrogen (secondary N) is 1. The minimum atomic E-state index is -1.07. The summed E-state index contributed by atoms with van der Waals surface area (Å²) in [6.07, 6.45) is 0.827. The number of fused-ring (bicyclic) bond motifs is 3. The summed E-state index contributed by atoms with van der Waals surface area (Å²) in [4.78, 5) is 16.4. The van der Waals surface area contributed by atoms with Gasteiger partial charge in [0.05, 0.1) is 11.4 Å². The summed E-state index contributed by atoms with van der Waals surface area (Å²) in [7, 11) is 0. The maximum Gasteiger partial charge on any atom is 0.371 e. The second-order valence-corrected chi connectivity index (χ2v) is 6.06. The van der Waals surface area contributed by atoms with Crippen molar-refractivity contribution in [3.05, 3.63) is 40.0 Å². The van der Waals surface area contributed by atoms with Crippen molar-refractivity contribution in [1.29, 1.82) is 0 Å². The Bertz CT molecular complexity index is 847. The fraction of sp³-hybridized carbons (Fsp3) is 0.308. The van der Waals surface area contributed by atoms with Gasteiger partial charge in [0.15, 0.2) is 0 Å². The van der Waals surface area contributed by atoms with Crippen LogP contribution in [0, 0.1) is 6.92 Å². The molecule has 0 radical (unpaired) electrons. The SMILES string of the molecule is Cc1nn2c3c(nc2s1)CCNC3c1ccc(C(=O)O)o1. The highest BCUT2D eigenvalue weighted by Crippen LogP contribution is 2.31. The molecule has 108 valence electrons. The van der Waals surface area contributed by atoms with Gasteiger partial charge in [-0.1, -0.05) is 11.3 Å². The van der Waals surface area contributed by atoms with E-state index in [4.69, 9.17) is 9.52 Å². The van der Waals surface area contributed by atoms with Crippen molar-refractivity contribution in [2.45, 2.75) is 19.4 Å². The summed E-state index contributed by atoms with van der Waals surface area (Å²) in [6.45, 7) is 2.71. The molecule has 1 aliphatic heterocycles. The largest absolute Gasteiger partial charge is 0.475 e. The fourth-order valence-corrected chi connectivity index (χ4v) is 3.43. The zero-order chi connectivity index (χ0) is 14.6. The van der Waals surface area contributed by atoms with Crippen molar-refractivity contribution in [2.75, 3.05) is 6.54 Å². The molecule has 1 atom stereocenters. The lowest BCUT2D eigenvalue weighted by atomic mass is 10.0. The van der Waals surface area contributed by atoms with Gasteiger partial charge in [-0.05, 0) is 19.1 Å². The molecule has 2 N–H and O–H groups in total. The predicted octanol–water partition coefficient (Wildman–Crippen LogP) is 1.63. The normalized spacial score (nSPS) is 18.0. The summed E-state index contributed by atoms with van der Waals surface area (Å²) in [5, 5.41) is 17.8. The number of rotatable bonds is 2. The van der Waals surface area contributed by atoms with Crippen LogP contribution in [0.25, 0.3) is 4.96 Å². The van der Waals surface area contributed by atoms with Crippen LogP contribution in [-0.2, 0) is 6.42 Å². The van der Waals surface area contributed by atoms with Crippen LogP contribution >= 0.6 is 11.3 Å². The molecule has 1 aliphatic rings. The summed E-state index contributed by atoms with van der Waals surface area (Å²) in [5.74, 6) is -0.560. The number of aromatic nitrogens is 3. The molecule has 4 rings (SSSR count). The molecule has 7 nitrogen and oxygen atoms in total. The first-order valence-corrected chi connectivity index (χ1v) is 7.36. The monoisotopic (exact) mass is 304 g/mol. The Labute approximate surface area is 123 Å². The number of carboxylic acid groups (broad SMARTS) is 1. The first-order chi connectivity index (χ1) is 10.1. The van der Waals surface area contributed by atoms with E-state index in [0.717, 1.165) is 34.3 Å². The fourth-order valence-electron chi connectivity index (χ4n) is 2.66. The summed E-state index contributed by atoms with van der Waals surface area (Å²) in [5.41, 5.74) is 1.93. The van der Waals surface area contributed by atoms with Crippen LogP contribution < -0.4 is 5.32 Å². The molecule has 0 aliphatic carbocycles. The molecular weight excluding hydrogens is 292 g/mol. The van der Waals surface area contributed by atoms with Gasteiger partial charge in [0, 0.05) is 13.0 Å². The highest BCUT2D eigenvalue weighted by molar-refractivity contribution is 7.16. The second-order valence-electron chi connectivity index (χ2n) is 4.90. The Hall–Kier alpha value is -2.19. The molecule has 0 bridgehead atoms. The van der Waals surface area contributed by atoms with Crippen molar-refractivity contribution >= 4 is 22.3 Å². The molecular formula is C13H12N4O3S. The van der Waals surface area contributed by atoms with Crippen LogP contribution in [0.2, 0.25) is 0 Å². The third-order valence-electron chi connectivity index (χ3n) is 3.52. The number of aromatic carboxylic acids is 1. The van der Waals surface area contributed by atoms with Crippen molar-refractivity contribution in [2.24, 2.45) is 0 Å². The average molecular weight is 304 g/mol. The number of imidazole rings is 1. The molecule has 0 saturated heterocycles. The van der Waals surface area contributed by atoms with E-state index in [1.54, 1.807) is 17.4 Å². The average Bonchev–Trinajstić information content (AvgIpc) is 3.11. The van der Waals surface area contributed by atoms with E-state index in [0.29, 0.717) is 5.76 Å². The lowest BCUT2D eigenvalue weighted by molar-refractivity contribution is 0.0659. The maximum atomic E-state index is 11.0. The predicted molar refractivity (Wildman–Crippen MR) is 74.8 cm³/mol. The van der Waals surface area contributed by atoms with Gasteiger partial charge in [-0.25, -0.2) is 14.3 Å². The minimum Gasteiger partial charge on any atom is -0.475 e. The zero-order valence-electron chi connectivity index (χ0n) is 11.2. The van der Waals surface area contributed by atoms with E-state index in [2.05, 4.69) is 15.4 Å². The number of carboxylic acids is 1. The molecule has 8 heteroatoms. The van der Waals surface area contributed by atoms with Gasteiger partial charge < -0.3 is 14.8 Å². The Morgan fingerprint density at radius 3 is 3.19 bits per heavy atom. The van der Waals surface area contributed by atoms with Gasteiger partial charge in [-0.15, -0.1) is 0 Å². The van der Waals surface area contributed by atoms with Crippen molar-refractivity contribution < 1.29 is 14.3 Å². The number of hydrogen-bond acceptors (Lipinski definition) is 6. The van der Waals surface area contributed by atoms with Crippen LogP contribution in [0.4, 0.5) is 0 Å². The van der Waals surface area contributed by atoms with E-state index in [1.165, 1.54) is 6.07 Å². The number of carbonyl (C=O) groups is 1. The van der Waals surface area contributed by atoms with Gasteiger partial charge in [0.1, 0.15) is 16.8 Å². The first-order valence-electron chi connectivity index (χ1n) is 6.55. The van der Waals surface area contributed by atoms with Crippen LogP contribution in [0.1, 0.15) is 38.8 Å². The van der Waals surface area contributed by atoms with E-state index in [9.17, 15) is 4.79 Å². The maximum absolute atomic E-state index is 11.0. The van der Waals surface area contributed by atoms with Gasteiger partial charge in [0.25, 0.3) is 0 Å². The molecule has 0 fully saturated rings. The standard InChI is InChI=1S/C13H12N4O3S/c1-6-16-17-11-7(15-13(17)21-6)4-5-14-10(11)8-2-3-9(20-8)12(18)19/h2-3,10,14H,4-5H2,1H3,(H,18,19). The molecule has 3 aromatic rings. The van der Waals surface area contributed by atoms with Crippen LogP contribution in [0.15, 0.2) is 16.5 Å². The van der Waals surface area contributed by atoms with Gasteiger partial charge >= 0.3 is 5.97 Å². The molecule has 0 saturated carbocycles. The second kappa shape index (κ2) is 4.40. The number of nitrogens with zero attached hydrogens (tertiary/aromatic N) is 3. The molecule has 0 amide bonds. The number of furan rings is 1. The zero-order valence-corrected chi connectivity index (χ0v) is 12.0. The Kier molecular flexibility index (Phi) is 2.63. The first kappa shape index (κ1) is 12.5. The van der Waals surface area contributed by atoms with Crippen molar-refractivity contribution in [3.63, 3.8) is 0 Å². The smallest absolute Gasteiger partial charge is 0.371 e. The van der Waals surface area contributed by atoms with Gasteiger partial charge in [-0.2, -0.15) is 5.10 Å². The Balaban J connectivity index is 1.86. The summed E-state index contributed by atoms with van der Waals surface area (Å²) >= 11 is 1.54.